The lowest BCUT2D eigenvalue weighted by atomic mass is 10.1. The van der Waals surface area contributed by atoms with Crippen molar-refractivity contribution in [1.82, 2.24) is 20.9 Å². The van der Waals surface area contributed by atoms with Crippen LogP contribution >= 0.6 is 24.0 Å². The zero-order valence-electron chi connectivity index (χ0n) is 17.7. The van der Waals surface area contributed by atoms with E-state index < -0.39 is 0 Å². The summed E-state index contributed by atoms with van der Waals surface area (Å²) in [5.41, 5.74) is 3.41. The van der Waals surface area contributed by atoms with Crippen molar-refractivity contribution in [2.24, 2.45) is 4.99 Å². The number of rotatable bonds is 8. The van der Waals surface area contributed by atoms with E-state index in [0.717, 1.165) is 23.4 Å². The van der Waals surface area contributed by atoms with Gasteiger partial charge in [-0.05, 0) is 43.7 Å². The SMILES string of the molecule is CCNC(=O)c1ccc(CN=C(NCC)NCc2coc(-c3ccccc3)n2)cc1.I. The third-order valence-corrected chi connectivity index (χ3v) is 4.33. The molecule has 0 fully saturated rings. The molecule has 0 bridgehead atoms. The van der Waals surface area contributed by atoms with Crippen LogP contribution in [0.3, 0.4) is 0 Å². The minimum absolute atomic E-state index is 0. The van der Waals surface area contributed by atoms with Gasteiger partial charge in [0.1, 0.15) is 6.26 Å². The second-order valence-corrected chi connectivity index (χ2v) is 6.62. The van der Waals surface area contributed by atoms with Crippen LogP contribution in [0.5, 0.6) is 0 Å². The second-order valence-electron chi connectivity index (χ2n) is 6.62. The predicted molar refractivity (Wildman–Crippen MR) is 133 cm³/mol. The fraction of sp³-hybridized carbons (Fsp3) is 0.261. The number of aromatic nitrogens is 1. The van der Waals surface area contributed by atoms with E-state index in [-0.39, 0.29) is 29.9 Å². The van der Waals surface area contributed by atoms with Crippen LogP contribution in [0.4, 0.5) is 0 Å². The van der Waals surface area contributed by atoms with Crippen LogP contribution in [-0.2, 0) is 13.1 Å². The second kappa shape index (κ2) is 12.7. The molecule has 2 aromatic carbocycles. The summed E-state index contributed by atoms with van der Waals surface area (Å²) in [6.45, 7) is 6.27. The van der Waals surface area contributed by atoms with Crippen LogP contribution in [0.15, 0.2) is 70.3 Å². The smallest absolute Gasteiger partial charge is 0.251 e. The minimum Gasteiger partial charge on any atom is -0.444 e. The fourth-order valence-electron chi connectivity index (χ4n) is 2.81. The van der Waals surface area contributed by atoms with Gasteiger partial charge >= 0.3 is 0 Å². The summed E-state index contributed by atoms with van der Waals surface area (Å²) in [6, 6.07) is 17.3. The first-order chi connectivity index (χ1) is 14.7. The number of amides is 1. The summed E-state index contributed by atoms with van der Waals surface area (Å²) >= 11 is 0. The molecule has 0 unspecified atom stereocenters. The molecule has 0 atom stereocenters. The molecule has 164 valence electrons. The van der Waals surface area contributed by atoms with Crippen molar-refractivity contribution >= 4 is 35.8 Å². The van der Waals surface area contributed by atoms with Crippen LogP contribution < -0.4 is 16.0 Å². The normalized spacial score (nSPS) is 10.8. The van der Waals surface area contributed by atoms with E-state index in [0.29, 0.717) is 37.0 Å². The number of hydrogen-bond donors (Lipinski definition) is 3. The minimum atomic E-state index is -0.0648. The van der Waals surface area contributed by atoms with E-state index in [1.807, 2.05) is 68.4 Å². The molecule has 0 spiro atoms. The van der Waals surface area contributed by atoms with Crippen LogP contribution in [0.2, 0.25) is 0 Å². The van der Waals surface area contributed by atoms with Crippen LogP contribution in [0.1, 0.15) is 35.5 Å². The van der Waals surface area contributed by atoms with Gasteiger partial charge in [-0.2, -0.15) is 0 Å². The van der Waals surface area contributed by atoms with Gasteiger partial charge in [0.25, 0.3) is 5.91 Å². The standard InChI is InChI=1S/C23H27N5O2.HI/c1-3-24-21(29)18-12-10-17(11-13-18)14-26-23(25-4-2)27-15-20-16-30-22(28-20)19-8-6-5-7-9-19;/h5-13,16H,3-4,14-15H2,1-2H3,(H,24,29)(H2,25,26,27);1H. The van der Waals surface area contributed by atoms with Crippen molar-refractivity contribution in [3.8, 4) is 11.5 Å². The molecule has 8 heteroatoms. The molecule has 1 heterocycles. The maximum atomic E-state index is 11.8. The Hall–Kier alpha value is -2.88. The molecule has 3 N–H and O–H groups in total. The first-order valence-electron chi connectivity index (χ1n) is 10.1. The van der Waals surface area contributed by atoms with Crippen LogP contribution in [-0.4, -0.2) is 29.9 Å². The van der Waals surface area contributed by atoms with E-state index in [9.17, 15) is 4.79 Å². The lowest BCUT2D eigenvalue weighted by molar-refractivity contribution is 0.0956. The highest BCUT2D eigenvalue weighted by Crippen LogP contribution is 2.17. The van der Waals surface area contributed by atoms with E-state index in [2.05, 4.69) is 25.9 Å². The molecule has 3 aromatic rings. The van der Waals surface area contributed by atoms with E-state index in [1.54, 1.807) is 6.26 Å². The van der Waals surface area contributed by atoms with Gasteiger partial charge in [-0.1, -0.05) is 30.3 Å². The predicted octanol–water partition coefficient (Wildman–Crippen LogP) is 3.96. The Morgan fingerprint density at radius 3 is 2.35 bits per heavy atom. The first kappa shape index (κ1) is 24.4. The van der Waals surface area contributed by atoms with Crippen molar-refractivity contribution in [3.63, 3.8) is 0 Å². The Morgan fingerprint density at radius 1 is 0.968 bits per heavy atom. The highest BCUT2D eigenvalue weighted by Gasteiger charge is 2.07. The van der Waals surface area contributed by atoms with Gasteiger partial charge in [-0.15, -0.1) is 24.0 Å². The largest absolute Gasteiger partial charge is 0.444 e. The van der Waals surface area contributed by atoms with E-state index >= 15 is 0 Å². The van der Waals surface area contributed by atoms with Gasteiger partial charge in [0, 0.05) is 24.2 Å². The summed E-state index contributed by atoms with van der Waals surface area (Å²) in [5.74, 6) is 1.22. The number of carbonyl (C=O) groups is 1. The van der Waals surface area contributed by atoms with Gasteiger partial charge in [-0.3, -0.25) is 4.79 Å². The molecule has 0 aliphatic carbocycles. The lowest BCUT2D eigenvalue weighted by Gasteiger charge is -2.10. The van der Waals surface area contributed by atoms with Crippen LogP contribution in [0.25, 0.3) is 11.5 Å². The zero-order chi connectivity index (χ0) is 21.2. The number of benzene rings is 2. The molecule has 0 aliphatic heterocycles. The molecule has 31 heavy (non-hydrogen) atoms. The number of nitrogens with one attached hydrogen (secondary N) is 3. The summed E-state index contributed by atoms with van der Waals surface area (Å²) < 4.78 is 5.58. The lowest BCUT2D eigenvalue weighted by Crippen LogP contribution is -2.36. The summed E-state index contributed by atoms with van der Waals surface area (Å²) in [7, 11) is 0. The number of carbonyl (C=O) groups excluding carboxylic acids is 1. The maximum absolute atomic E-state index is 11.8. The molecule has 0 radical (unpaired) electrons. The Morgan fingerprint density at radius 2 is 1.68 bits per heavy atom. The van der Waals surface area contributed by atoms with E-state index in [4.69, 9.17) is 4.42 Å². The topological polar surface area (TPSA) is 91.5 Å². The first-order valence-corrected chi connectivity index (χ1v) is 10.1. The van der Waals surface area contributed by atoms with Gasteiger partial charge in [-0.25, -0.2) is 9.98 Å². The van der Waals surface area contributed by atoms with Gasteiger partial charge < -0.3 is 20.4 Å². The Labute approximate surface area is 199 Å². The van der Waals surface area contributed by atoms with Gasteiger partial charge in [0.2, 0.25) is 5.89 Å². The molecule has 0 saturated heterocycles. The van der Waals surface area contributed by atoms with Crippen LogP contribution in [0, 0.1) is 0 Å². The quantitative estimate of drug-likeness (QED) is 0.232. The molecule has 1 aromatic heterocycles. The van der Waals surface area contributed by atoms with Gasteiger partial charge in [0.15, 0.2) is 5.96 Å². The molecular weight excluding hydrogens is 505 g/mol. The monoisotopic (exact) mass is 533 g/mol. The number of oxazole rings is 1. The number of guanidine groups is 1. The molecule has 7 nitrogen and oxygen atoms in total. The third kappa shape index (κ3) is 7.39. The summed E-state index contributed by atoms with van der Waals surface area (Å²) in [4.78, 5) is 21.0. The molecule has 0 aliphatic rings. The average Bonchev–Trinajstić information content (AvgIpc) is 3.26. The number of aliphatic imine (C=N–C) groups is 1. The average molecular weight is 533 g/mol. The highest BCUT2D eigenvalue weighted by atomic mass is 127. The summed E-state index contributed by atoms with van der Waals surface area (Å²) in [5, 5.41) is 9.29. The molecule has 0 saturated carbocycles. The van der Waals surface area contributed by atoms with Crippen molar-refractivity contribution in [3.05, 3.63) is 77.7 Å². The van der Waals surface area contributed by atoms with Crippen molar-refractivity contribution in [1.29, 1.82) is 0 Å². The molecular formula is C23H28IN5O2. The number of halogens is 1. The van der Waals surface area contributed by atoms with Gasteiger partial charge in [0.05, 0.1) is 18.8 Å². The van der Waals surface area contributed by atoms with Crippen molar-refractivity contribution < 1.29 is 9.21 Å². The Bertz CT molecular complexity index is 971. The Balaban J connectivity index is 0.00000341. The Kier molecular flexibility index (Phi) is 10.0. The highest BCUT2D eigenvalue weighted by molar-refractivity contribution is 14.0. The van der Waals surface area contributed by atoms with Crippen molar-refractivity contribution in [2.75, 3.05) is 13.1 Å². The third-order valence-electron chi connectivity index (χ3n) is 4.33. The zero-order valence-corrected chi connectivity index (χ0v) is 20.1. The maximum Gasteiger partial charge on any atom is 0.251 e. The summed E-state index contributed by atoms with van der Waals surface area (Å²) in [6.07, 6.45) is 1.65. The fourth-order valence-corrected chi connectivity index (χ4v) is 2.81. The number of nitrogens with zero attached hydrogens (tertiary/aromatic N) is 2. The molecule has 3 rings (SSSR count). The van der Waals surface area contributed by atoms with E-state index in [1.165, 1.54) is 0 Å². The molecule has 1 amide bonds. The number of hydrogen-bond acceptors (Lipinski definition) is 4. The van der Waals surface area contributed by atoms with Crippen molar-refractivity contribution in [2.45, 2.75) is 26.9 Å².